The maximum absolute atomic E-state index is 13.0. The normalized spacial score (nSPS) is 24.8. The summed E-state index contributed by atoms with van der Waals surface area (Å²) in [5.74, 6) is 0.407. The number of non-ortho nitro benzene ring substituents is 1. The lowest BCUT2D eigenvalue weighted by atomic mass is 9.83. The van der Waals surface area contributed by atoms with Gasteiger partial charge >= 0.3 is 0 Å². The number of benzene rings is 3. The topological polar surface area (TPSA) is 108 Å². The first-order valence-electron chi connectivity index (χ1n) is 15.4. The van der Waals surface area contributed by atoms with E-state index in [9.17, 15) is 19.7 Å². The molecule has 3 aromatic carbocycles. The number of carbonyl (C=O) groups is 2. The maximum atomic E-state index is 13.0. The minimum Gasteiger partial charge on any atom is -0.378 e. The van der Waals surface area contributed by atoms with E-state index in [-0.39, 0.29) is 46.6 Å². The molecule has 0 saturated carbocycles. The van der Waals surface area contributed by atoms with Crippen molar-refractivity contribution in [3.63, 3.8) is 0 Å². The summed E-state index contributed by atoms with van der Waals surface area (Å²) >= 11 is 0. The average Bonchev–Trinajstić information content (AvgIpc) is 3.63. The number of hydrogen-bond donors (Lipinski definition) is 2. The number of nitro benzene ring substituents is 1. The molecule has 2 fully saturated rings. The highest BCUT2D eigenvalue weighted by Crippen LogP contribution is 2.48. The van der Waals surface area contributed by atoms with Gasteiger partial charge in [-0.05, 0) is 85.5 Å². The molecule has 0 aliphatic carbocycles. The van der Waals surface area contributed by atoms with Crippen LogP contribution in [0.15, 0.2) is 54.6 Å². The maximum Gasteiger partial charge on any atom is 0.269 e. The molecule has 9 nitrogen and oxygen atoms in total. The van der Waals surface area contributed by atoms with Gasteiger partial charge in [0, 0.05) is 55.0 Å². The van der Waals surface area contributed by atoms with Gasteiger partial charge in [0.15, 0.2) is 0 Å². The van der Waals surface area contributed by atoms with Crippen LogP contribution in [0.3, 0.4) is 0 Å². The van der Waals surface area contributed by atoms with E-state index in [1.165, 1.54) is 16.7 Å². The zero-order valence-electron chi connectivity index (χ0n) is 24.6. The van der Waals surface area contributed by atoms with Crippen molar-refractivity contribution in [2.24, 2.45) is 0 Å². The predicted octanol–water partition coefficient (Wildman–Crippen LogP) is 6.65. The average molecular weight is 580 g/mol. The van der Waals surface area contributed by atoms with Crippen molar-refractivity contribution in [1.82, 2.24) is 9.80 Å². The van der Waals surface area contributed by atoms with Gasteiger partial charge in [-0.15, -0.1) is 0 Å². The first kappa shape index (κ1) is 27.4. The van der Waals surface area contributed by atoms with Crippen molar-refractivity contribution in [3.8, 4) is 0 Å². The highest BCUT2D eigenvalue weighted by molar-refractivity contribution is 5.80. The van der Waals surface area contributed by atoms with Crippen molar-refractivity contribution in [2.75, 3.05) is 23.7 Å². The fourth-order valence-electron chi connectivity index (χ4n) is 7.77. The minimum absolute atomic E-state index is 0.0136. The van der Waals surface area contributed by atoms with E-state index in [1.807, 2.05) is 17.0 Å². The molecule has 43 heavy (non-hydrogen) atoms. The number of carbonyl (C=O) groups excluding carboxylic acids is 2. The van der Waals surface area contributed by atoms with Crippen molar-refractivity contribution in [2.45, 2.75) is 76.5 Å². The molecule has 4 heterocycles. The molecule has 0 unspecified atom stereocenters. The monoisotopic (exact) mass is 579 g/mol. The summed E-state index contributed by atoms with van der Waals surface area (Å²) in [7, 11) is 0. The van der Waals surface area contributed by atoms with Gasteiger partial charge in [0.1, 0.15) is 0 Å². The second-order valence-electron chi connectivity index (χ2n) is 12.5. The summed E-state index contributed by atoms with van der Waals surface area (Å²) in [4.78, 5) is 40.9. The zero-order valence-corrected chi connectivity index (χ0v) is 24.6. The van der Waals surface area contributed by atoms with Crippen LogP contribution in [-0.2, 0) is 9.59 Å². The third-order valence-electron chi connectivity index (χ3n) is 9.76. The third kappa shape index (κ3) is 4.90. The number of nitrogens with one attached hydrogen (secondary N) is 2. The van der Waals surface area contributed by atoms with Gasteiger partial charge in [-0.2, -0.15) is 0 Å². The van der Waals surface area contributed by atoms with E-state index in [1.54, 1.807) is 12.1 Å². The van der Waals surface area contributed by atoms with Crippen LogP contribution in [-0.4, -0.2) is 39.6 Å². The number of aryl methyl sites for hydroxylation is 2. The Balaban J connectivity index is 1.25. The van der Waals surface area contributed by atoms with Gasteiger partial charge in [-0.1, -0.05) is 24.3 Å². The molecule has 0 bridgehead atoms. The van der Waals surface area contributed by atoms with Crippen LogP contribution < -0.4 is 10.6 Å². The van der Waals surface area contributed by atoms with Gasteiger partial charge in [0.25, 0.3) is 5.69 Å². The van der Waals surface area contributed by atoms with Gasteiger partial charge in [0.05, 0.1) is 29.1 Å². The van der Waals surface area contributed by atoms with E-state index >= 15 is 0 Å². The number of nitro groups is 1. The van der Waals surface area contributed by atoms with Crippen LogP contribution in [0.1, 0.15) is 96.1 Å². The van der Waals surface area contributed by atoms with Crippen molar-refractivity contribution in [1.29, 1.82) is 0 Å². The summed E-state index contributed by atoms with van der Waals surface area (Å²) in [6.07, 6.45) is 4.40. The van der Waals surface area contributed by atoms with Crippen molar-refractivity contribution in [3.05, 3.63) is 98.1 Å². The molecule has 4 aliphatic rings. The molecule has 0 radical (unpaired) electrons. The summed E-state index contributed by atoms with van der Waals surface area (Å²) < 4.78 is 0. The smallest absolute Gasteiger partial charge is 0.269 e. The number of hydrogen-bond acceptors (Lipinski definition) is 6. The largest absolute Gasteiger partial charge is 0.378 e. The molecule has 4 aliphatic heterocycles. The second kappa shape index (κ2) is 10.7. The number of amides is 2. The van der Waals surface area contributed by atoms with E-state index in [4.69, 9.17) is 0 Å². The van der Waals surface area contributed by atoms with Gasteiger partial charge in [-0.25, -0.2) is 0 Å². The lowest BCUT2D eigenvalue weighted by molar-refractivity contribution is -0.384. The Labute approximate surface area is 251 Å². The van der Waals surface area contributed by atoms with Crippen molar-refractivity contribution >= 4 is 28.9 Å². The summed E-state index contributed by atoms with van der Waals surface area (Å²) in [5.41, 5.74) is 8.99. The molecule has 7 rings (SSSR count). The first-order chi connectivity index (χ1) is 20.8. The van der Waals surface area contributed by atoms with Gasteiger partial charge in [0.2, 0.25) is 11.8 Å². The summed E-state index contributed by atoms with van der Waals surface area (Å²) in [6.45, 7) is 5.77. The first-order valence-corrected chi connectivity index (χ1v) is 15.4. The lowest BCUT2D eigenvalue weighted by Crippen LogP contribution is -2.37. The molecular weight excluding hydrogens is 542 g/mol. The van der Waals surface area contributed by atoms with Gasteiger partial charge in [-0.3, -0.25) is 19.7 Å². The molecule has 9 heteroatoms. The molecule has 0 aromatic heterocycles. The van der Waals surface area contributed by atoms with Crippen LogP contribution in [0.5, 0.6) is 0 Å². The quantitative estimate of drug-likeness (QED) is 0.259. The standard InChI is InChI=1S/C34H37N5O4/c1-20-15-21(2)34-29(16-20)36-28(19-31(34)38-14-4-6-33(38)41)23-9-12-26-25(17-23)30(37-13-3-5-32(37)40)18-27(35-26)22-7-10-24(11-8-22)39(42)43/h7-12,15-17,27-28,30-31,35-36H,3-6,13-14,18-19H2,1-2H3/t27-,28-,30-,31-/m0/s1. The molecule has 2 N–H and O–H groups in total. The fraction of sp³-hybridized carbons (Fsp3) is 0.412. The van der Waals surface area contributed by atoms with E-state index in [0.717, 1.165) is 60.4 Å². The molecular formula is C34H37N5O4. The number of fused-ring (bicyclic) bond motifs is 2. The van der Waals surface area contributed by atoms with Gasteiger partial charge < -0.3 is 20.4 Å². The predicted molar refractivity (Wildman–Crippen MR) is 165 cm³/mol. The Kier molecular flexibility index (Phi) is 6.83. The molecule has 3 aromatic rings. The molecule has 0 spiro atoms. The number of nitrogens with zero attached hydrogens (tertiary/aromatic N) is 3. The Morgan fingerprint density at radius 2 is 1.37 bits per heavy atom. The zero-order chi connectivity index (χ0) is 29.8. The SMILES string of the molecule is Cc1cc(C)c2c(c1)N[C@H](c1ccc3c(c1)[C@@H](N1CCCC1=O)C[C@@H](c1ccc([N+](=O)[O-])cc1)N3)C[C@@H]2N1CCCC1=O. The fourth-order valence-corrected chi connectivity index (χ4v) is 7.77. The Morgan fingerprint density at radius 3 is 2.02 bits per heavy atom. The Hall–Kier alpha value is -4.40. The number of anilines is 2. The number of rotatable bonds is 5. The van der Waals surface area contributed by atoms with E-state index < -0.39 is 0 Å². The molecule has 222 valence electrons. The second-order valence-corrected chi connectivity index (χ2v) is 12.5. The summed E-state index contributed by atoms with van der Waals surface area (Å²) in [6, 6.07) is 17.5. The lowest BCUT2D eigenvalue weighted by Gasteiger charge is -2.41. The summed E-state index contributed by atoms with van der Waals surface area (Å²) in [5, 5.41) is 18.7. The molecule has 2 saturated heterocycles. The van der Waals surface area contributed by atoms with Crippen LogP contribution in [0.4, 0.5) is 17.1 Å². The highest BCUT2D eigenvalue weighted by Gasteiger charge is 2.39. The van der Waals surface area contributed by atoms with Crippen LogP contribution in [0.2, 0.25) is 0 Å². The minimum atomic E-state index is -0.384. The van der Waals surface area contributed by atoms with Crippen LogP contribution in [0, 0.1) is 24.0 Å². The Bertz CT molecular complexity index is 1620. The third-order valence-corrected chi connectivity index (χ3v) is 9.76. The van der Waals surface area contributed by atoms with Crippen LogP contribution >= 0.6 is 0 Å². The molecule has 4 atom stereocenters. The van der Waals surface area contributed by atoms with Crippen LogP contribution in [0.25, 0.3) is 0 Å². The van der Waals surface area contributed by atoms with E-state index in [2.05, 4.69) is 59.7 Å². The Morgan fingerprint density at radius 1 is 0.767 bits per heavy atom. The van der Waals surface area contributed by atoms with E-state index in [0.29, 0.717) is 19.3 Å². The highest BCUT2D eigenvalue weighted by atomic mass is 16.6. The number of likely N-dealkylation sites (tertiary alicyclic amines) is 2. The van der Waals surface area contributed by atoms with Crippen molar-refractivity contribution < 1.29 is 14.5 Å². The molecule has 2 amide bonds.